The van der Waals surface area contributed by atoms with Crippen LogP contribution in [0, 0.1) is 5.92 Å². The van der Waals surface area contributed by atoms with Crippen molar-refractivity contribution < 1.29 is 0 Å². The van der Waals surface area contributed by atoms with Crippen LogP contribution in [-0.4, -0.2) is 11.5 Å². The smallest absolute Gasteiger partial charge is 0.0180 e. The van der Waals surface area contributed by atoms with E-state index >= 15 is 0 Å². The topological polar surface area (TPSA) is 26.0 Å². The fourth-order valence-corrected chi connectivity index (χ4v) is 3.76. The summed E-state index contributed by atoms with van der Waals surface area (Å²) in [5, 5.41) is 0. The van der Waals surface area contributed by atoms with Crippen LogP contribution < -0.4 is 5.73 Å². The lowest BCUT2D eigenvalue weighted by atomic mass is 9.85. The first kappa shape index (κ1) is 11.0. The number of hydrogen-bond acceptors (Lipinski definition) is 2. The normalized spacial score (nSPS) is 22.9. The molecular weight excluding hydrogens is 202 g/mol. The van der Waals surface area contributed by atoms with Gasteiger partial charge in [-0.15, -0.1) is 0 Å². The van der Waals surface area contributed by atoms with Gasteiger partial charge >= 0.3 is 0 Å². The largest absolute Gasteiger partial charge is 0.326 e. The van der Waals surface area contributed by atoms with Gasteiger partial charge in [0.15, 0.2) is 0 Å². The third kappa shape index (κ3) is 2.37. The standard InChI is InChI=1S/C13H19NS/c1-10(12-6-7-15-9-12)13-5-3-2-4-11(13)8-14/h2-5,10,12H,6-9,14H2,1H3. The van der Waals surface area contributed by atoms with Crippen molar-refractivity contribution >= 4 is 11.8 Å². The van der Waals surface area contributed by atoms with Crippen LogP contribution in [0.4, 0.5) is 0 Å². The molecule has 2 N–H and O–H groups in total. The first-order valence-electron chi connectivity index (χ1n) is 5.68. The molecule has 0 saturated carbocycles. The molecule has 0 bridgehead atoms. The van der Waals surface area contributed by atoms with Gasteiger partial charge in [0, 0.05) is 6.54 Å². The van der Waals surface area contributed by atoms with E-state index in [1.54, 1.807) is 0 Å². The molecular formula is C13H19NS. The zero-order chi connectivity index (χ0) is 10.7. The molecule has 1 fully saturated rings. The van der Waals surface area contributed by atoms with Crippen LogP contribution >= 0.6 is 11.8 Å². The summed E-state index contributed by atoms with van der Waals surface area (Å²) in [5.41, 5.74) is 8.57. The van der Waals surface area contributed by atoms with Crippen LogP contribution in [0.25, 0.3) is 0 Å². The second-order valence-corrected chi connectivity index (χ2v) is 5.47. The molecule has 2 rings (SSSR count). The number of hydrogen-bond donors (Lipinski definition) is 1. The highest BCUT2D eigenvalue weighted by Crippen LogP contribution is 2.36. The zero-order valence-corrected chi connectivity index (χ0v) is 10.1. The van der Waals surface area contributed by atoms with Crippen molar-refractivity contribution in [1.29, 1.82) is 0 Å². The number of nitrogens with two attached hydrogens (primary N) is 1. The van der Waals surface area contributed by atoms with Crippen molar-refractivity contribution in [1.82, 2.24) is 0 Å². The summed E-state index contributed by atoms with van der Waals surface area (Å²) in [7, 11) is 0. The van der Waals surface area contributed by atoms with Gasteiger partial charge in [-0.1, -0.05) is 31.2 Å². The van der Waals surface area contributed by atoms with Crippen LogP contribution in [0.15, 0.2) is 24.3 Å². The van der Waals surface area contributed by atoms with Gasteiger partial charge in [-0.3, -0.25) is 0 Å². The van der Waals surface area contributed by atoms with Gasteiger partial charge < -0.3 is 5.73 Å². The third-order valence-electron chi connectivity index (χ3n) is 3.44. The van der Waals surface area contributed by atoms with Gasteiger partial charge in [0.2, 0.25) is 0 Å². The Morgan fingerprint density at radius 2 is 2.27 bits per heavy atom. The molecule has 0 amide bonds. The van der Waals surface area contributed by atoms with Gasteiger partial charge in [0.25, 0.3) is 0 Å². The molecule has 0 radical (unpaired) electrons. The Kier molecular flexibility index (Phi) is 3.71. The fourth-order valence-electron chi connectivity index (χ4n) is 2.37. The molecule has 0 aliphatic carbocycles. The first-order chi connectivity index (χ1) is 7.33. The molecule has 82 valence electrons. The quantitative estimate of drug-likeness (QED) is 0.849. The Morgan fingerprint density at radius 3 is 2.93 bits per heavy atom. The van der Waals surface area contributed by atoms with Gasteiger partial charge in [-0.2, -0.15) is 11.8 Å². The van der Waals surface area contributed by atoms with Crippen LogP contribution in [-0.2, 0) is 6.54 Å². The number of rotatable bonds is 3. The summed E-state index contributed by atoms with van der Waals surface area (Å²) >= 11 is 2.09. The molecule has 1 saturated heterocycles. The summed E-state index contributed by atoms with van der Waals surface area (Å²) in [6.45, 7) is 3.02. The molecule has 1 aromatic carbocycles. The molecule has 0 spiro atoms. The zero-order valence-electron chi connectivity index (χ0n) is 9.28. The molecule has 2 unspecified atom stereocenters. The maximum absolute atomic E-state index is 5.78. The molecule has 2 heteroatoms. The molecule has 1 aliphatic rings. The minimum atomic E-state index is 0.666. The molecule has 1 nitrogen and oxygen atoms in total. The molecule has 1 aromatic rings. The average molecular weight is 221 g/mol. The van der Waals surface area contributed by atoms with Crippen LogP contribution in [0.3, 0.4) is 0 Å². The van der Waals surface area contributed by atoms with E-state index in [2.05, 4.69) is 43.0 Å². The summed E-state index contributed by atoms with van der Waals surface area (Å²) in [6, 6.07) is 8.62. The first-order valence-corrected chi connectivity index (χ1v) is 6.84. The second kappa shape index (κ2) is 5.04. The molecule has 15 heavy (non-hydrogen) atoms. The fraction of sp³-hybridized carbons (Fsp3) is 0.538. The van der Waals surface area contributed by atoms with Crippen molar-refractivity contribution in [3.63, 3.8) is 0 Å². The summed E-state index contributed by atoms with van der Waals surface area (Å²) < 4.78 is 0. The van der Waals surface area contributed by atoms with Gasteiger partial charge in [-0.25, -0.2) is 0 Å². The van der Waals surface area contributed by atoms with E-state index in [9.17, 15) is 0 Å². The Labute approximate surface area is 96.4 Å². The van der Waals surface area contributed by atoms with Crippen LogP contribution in [0.2, 0.25) is 0 Å². The highest BCUT2D eigenvalue weighted by molar-refractivity contribution is 7.99. The summed E-state index contributed by atoms with van der Waals surface area (Å²) in [6.07, 6.45) is 1.37. The minimum absolute atomic E-state index is 0.666. The van der Waals surface area contributed by atoms with Gasteiger partial charge in [-0.05, 0) is 40.9 Å². The highest BCUT2D eigenvalue weighted by atomic mass is 32.2. The van der Waals surface area contributed by atoms with E-state index in [1.165, 1.54) is 29.1 Å². The Bertz CT molecular complexity index is 318. The van der Waals surface area contributed by atoms with E-state index < -0.39 is 0 Å². The van der Waals surface area contributed by atoms with Gasteiger partial charge in [0.1, 0.15) is 0 Å². The van der Waals surface area contributed by atoms with E-state index in [0.29, 0.717) is 12.5 Å². The lowest BCUT2D eigenvalue weighted by molar-refractivity contribution is 0.497. The van der Waals surface area contributed by atoms with E-state index in [-0.39, 0.29) is 0 Å². The lowest BCUT2D eigenvalue weighted by Gasteiger charge is -2.21. The number of benzene rings is 1. The maximum Gasteiger partial charge on any atom is 0.0180 e. The predicted molar refractivity (Wildman–Crippen MR) is 68.2 cm³/mol. The second-order valence-electron chi connectivity index (χ2n) is 4.32. The van der Waals surface area contributed by atoms with Crippen molar-refractivity contribution in [2.45, 2.75) is 25.8 Å². The van der Waals surface area contributed by atoms with Crippen LogP contribution in [0.1, 0.15) is 30.4 Å². The van der Waals surface area contributed by atoms with E-state index in [1.807, 2.05) is 0 Å². The molecule has 0 aromatic heterocycles. The Morgan fingerprint density at radius 1 is 1.47 bits per heavy atom. The van der Waals surface area contributed by atoms with Gasteiger partial charge in [0.05, 0.1) is 0 Å². The van der Waals surface area contributed by atoms with Crippen molar-refractivity contribution in [2.75, 3.05) is 11.5 Å². The minimum Gasteiger partial charge on any atom is -0.326 e. The summed E-state index contributed by atoms with van der Waals surface area (Å²) in [5.74, 6) is 4.17. The van der Waals surface area contributed by atoms with Crippen molar-refractivity contribution in [3.05, 3.63) is 35.4 Å². The highest BCUT2D eigenvalue weighted by Gasteiger charge is 2.24. The number of thioether (sulfide) groups is 1. The third-order valence-corrected chi connectivity index (χ3v) is 4.63. The Balaban J connectivity index is 2.19. The van der Waals surface area contributed by atoms with Crippen molar-refractivity contribution in [2.24, 2.45) is 11.7 Å². The monoisotopic (exact) mass is 221 g/mol. The average Bonchev–Trinajstić information content (AvgIpc) is 2.81. The van der Waals surface area contributed by atoms with E-state index in [0.717, 1.165) is 5.92 Å². The predicted octanol–water partition coefficient (Wildman–Crippen LogP) is 3.00. The maximum atomic E-state index is 5.78. The molecule has 1 heterocycles. The van der Waals surface area contributed by atoms with E-state index in [4.69, 9.17) is 5.73 Å². The summed E-state index contributed by atoms with van der Waals surface area (Å²) in [4.78, 5) is 0. The molecule has 1 aliphatic heterocycles. The molecule has 2 atom stereocenters. The lowest BCUT2D eigenvalue weighted by Crippen LogP contribution is -2.12. The van der Waals surface area contributed by atoms with Crippen LogP contribution in [0.5, 0.6) is 0 Å². The van der Waals surface area contributed by atoms with Crippen molar-refractivity contribution in [3.8, 4) is 0 Å². The Hall–Kier alpha value is -0.470. The SMILES string of the molecule is CC(c1ccccc1CN)C1CCSC1.